The van der Waals surface area contributed by atoms with Gasteiger partial charge in [-0.05, 0) is 42.8 Å². The summed E-state index contributed by atoms with van der Waals surface area (Å²) in [4.78, 5) is 13.1. The molecule has 0 amide bonds. The van der Waals surface area contributed by atoms with Gasteiger partial charge in [0.2, 0.25) is 11.6 Å². The fourth-order valence-corrected chi connectivity index (χ4v) is 3.90. The molecule has 1 aliphatic heterocycles. The second-order valence-electron chi connectivity index (χ2n) is 7.52. The molecule has 8 nitrogen and oxygen atoms in total. The maximum absolute atomic E-state index is 6.32. The van der Waals surface area contributed by atoms with Gasteiger partial charge >= 0.3 is 0 Å². The maximum atomic E-state index is 6.32. The summed E-state index contributed by atoms with van der Waals surface area (Å²) < 4.78 is 25.2. The van der Waals surface area contributed by atoms with Gasteiger partial charge in [-0.25, -0.2) is 15.0 Å². The molecule has 0 bridgehead atoms. The van der Waals surface area contributed by atoms with Crippen molar-refractivity contribution in [2.75, 3.05) is 14.2 Å². The Morgan fingerprint density at radius 2 is 1.97 bits per heavy atom. The topological polar surface area (TPSA) is 80.5 Å². The quantitative estimate of drug-likeness (QED) is 0.452. The molecule has 0 aliphatic carbocycles. The van der Waals surface area contributed by atoms with Crippen LogP contribution in [-0.2, 0) is 6.54 Å². The summed E-state index contributed by atoms with van der Waals surface area (Å²) >= 11 is 0. The number of benzene rings is 1. The lowest BCUT2D eigenvalue weighted by Crippen LogP contribution is -2.31. The van der Waals surface area contributed by atoms with E-state index in [1.807, 2.05) is 41.8 Å². The molecule has 1 aliphatic rings. The molecule has 0 saturated carbocycles. The highest BCUT2D eigenvalue weighted by Crippen LogP contribution is 2.46. The fraction of sp³-hybridized carbons (Fsp3) is 0.261. The predicted octanol–water partition coefficient (Wildman–Crippen LogP) is 2.59. The van der Waals surface area contributed by atoms with Crippen molar-refractivity contribution >= 4 is 24.7 Å². The zero-order chi connectivity index (χ0) is 22.2. The van der Waals surface area contributed by atoms with Gasteiger partial charge in [0.25, 0.3) is 0 Å². The lowest BCUT2D eigenvalue weighted by atomic mass is 10.0. The van der Waals surface area contributed by atoms with E-state index in [1.165, 1.54) is 0 Å². The molecule has 0 unspecified atom stereocenters. The minimum atomic E-state index is -0.335. The summed E-state index contributed by atoms with van der Waals surface area (Å²) in [5.74, 6) is 2.28. The van der Waals surface area contributed by atoms with Crippen LogP contribution in [0, 0.1) is 0 Å². The molecule has 0 fully saturated rings. The molecule has 0 spiro atoms. The van der Waals surface area contributed by atoms with Gasteiger partial charge in [0.15, 0.2) is 31.1 Å². The number of nitrogens with zero attached hydrogens (tertiary/aromatic N) is 4. The van der Waals surface area contributed by atoms with Crippen molar-refractivity contribution in [2.45, 2.75) is 25.7 Å². The van der Waals surface area contributed by atoms with Crippen LogP contribution >= 0.6 is 0 Å². The highest BCUT2D eigenvalue weighted by Gasteiger charge is 2.32. The van der Waals surface area contributed by atoms with Crippen LogP contribution in [0.15, 0.2) is 48.8 Å². The van der Waals surface area contributed by atoms with Crippen molar-refractivity contribution in [1.29, 1.82) is 0 Å². The Kier molecular flexibility index (Phi) is 5.09. The predicted molar refractivity (Wildman–Crippen MR) is 119 cm³/mol. The summed E-state index contributed by atoms with van der Waals surface area (Å²) in [6, 6.07) is 11.3. The molecule has 4 aromatic rings. The molecule has 160 valence electrons. The molecule has 1 aromatic carbocycles. The summed E-state index contributed by atoms with van der Waals surface area (Å²) in [5, 5.41) is 0. The molecule has 9 heteroatoms. The smallest absolute Gasteiger partial charge is 0.212 e. The van der Waals surface area contributed by atoms with Crippen LogP contribution in [0.1, 0.15) is 24.2 Å². The van der Waals surface area contributed by atoms with Gasteiger partial charge in [-0.15, -0.1) is 0 Å². The minimum Gasteiger partial charge on any atom is -0.493 e. The molecule has 4 heterocycles. The minimum absolute atomic E-state index is 0.238. The van der Waals surface area contributed by atoms with Crippen LogP contribution in [0.5, 0.6) is 23.1 Å². The molecule has 2 atom stereocenters. The molecule has 5 rings (SSSR count). The highest BCUT2D eigenvalue weighted by atomic mass is 16.6. The molecule has 0 saturated heterocycles. The summed E-state index contributed by atoms with van der Waals surface area (Å²) in [5.41, 5.74) is 3.68. The van der Waals surface area contributed by atoms with E-state index in [2.05, 4.69) is 15.0 Å². The summed E-state index contributed by atoms with van der Waals surface area (Å²) in [6.07, 6.45) is 2.88. The Hall–Kier alpha value is -3.75. The van der Waals surface area contributed by atoms with E-state index in [0.717, 1.165) is 22.3 Å². The Labute approximate surface area is 186 Å². The number of imidazole rings is 1. The normalized spacial score (nSPS) is 17.3. The van der Waals surface area contributed by atoms with Gasteiger partial charge in [0.05, 0.1) is 26.5 Å². The third-order valence-electron chi connectivity index (χ3n) is 5.46. The number of pyridine rings is 2. The second kappa shape index (κ2) is 8.07. The van der Waals surface area contributed by atoms with Gasteiger partial charge in [0.1, 0.15) is 11.6 Å². The lowest BCUT2D eigenvalue weighted by Gasteiger charge is -2.33. The largest absolute Gasteiger partial charge is 0.493 e. The van der Waals surface area contributed by atoms with Crippen LogP contribution in [0.25, 0.3) is 11.2 Å². The first-order valence-corrected chi connectivity index (χ1v) is 10.2. The molecule has 32 heavy (non-hydrogen) atoms. The molecular weight excluding hydrogens is 407 g/mol. The lowest BCUT2D eigenvalue weighted by molar-refractivity contribution is 0.0277. The number of hydrogen-bond acceptors (Lipinski definition) is 7. The zero-order valence-corrected chi connectivity index (χ0v) is 18.0. The Balaban J connectivity index is 1.48. The number of ether oxygens (including phenoxy) is 4. The Morgan fingerprint density at radius 1 is 1.09 bits per heavy atom. The van der Waals surface area contributed by atoms with Crippen LogP contribution in [-0.4, -0.2) is 47.7 Å². The van der Waals surface area contributed by atoms with E-state index in [0.29, 0.717) is 35.4 Å². The monoisotopic (exact) mass is 428 g/mol. The van der Waals surface area contributed by atoms with Crippen LogP contribution < -0.4 is 24.7 Å². The van der Waals surface area contributed by atoms with Crippen molar-refractivity contribution in [1.82, 2.24) is 19.5 Å². The fourth-order valence-electron chi connectivity index (χ4n) is 3.90. The number of methoxy groups -OCH3 is 2. The Bertz CT molecular complexity index is 1280. The van der Waals surface area contributed by atoms with Crippen molar-refractivity contribution < 1.29 is 18.9 Å². The van der Waals surface area contributed by atoms with E-state index < -0.39 is 0 Å². The van der Waals surface area contributed by atoms with E-state index in [-0.39, 0.29) is 12.2 Å². The van der Waals surface area contributed by atoms with Gasteiger partial charge in [-0.3, -0.25) is 0 Å². The molecule has 2 radical (unpaired) electrons. The first-order chi connectivity index (χ1) is 15.6. The third-order valence-corrected chi connectivity index (χ3v) is 5.46. The average Bonchev–Trinajstić information content (AvgIpc) is 3.13. The van der Waals surface area contributed by atoms with E-state index >= 15 is 0 Å². The molecule has 0 N–H and O–H groups in total. The average molecular weight is 428 g/mol. The van der Waals surface area contributed by atoms with Crippen LogP contribution in [0.2, 0.25) is 0 Å². The zero-order valence-electron chi connectivity index (χ0n) is 18.0. The summed E-state index contributed by atoms with van der Waals surface area (Å²) in [7, 11) is 9.33. The number of rotatable bonds is 5. The van der Waals surface area contributed by atoms with Gasteiger partial charge in [-0.1, -0.05) is 0 Å². The Morgan fingerprint density at radius 3 is 2.72 bits per heavy atom. The van der Waals surface area contributed by atoms with Crippen LogP contribution in [0.4, 0.5) is 0 Å². The number of fused-ring (bicyclic) bond motifs is 2. The van der Waals surface area contributed by atoms with Crippen molar-refractivity contribution in [3.63, 3.8) is 0 Å². The van der Waals surface area contributed by atoms with Crippen molar-refractivity contribution in [3.8, 4) is 23.1 Å². The SMILES string of the molecule is [B]c1nc2cccnc2n1Cc1cc(OC)c2c(c1)O[C@@H](C)[C@H](c1ccc(OC)nc1)O2. The van der Waals surface area contributed by atoms with Crippen LogP contribution in [0.3, 0.4) is 0 Å². The van der Waals surface area contributed by atoms with Crippen molar-refractivity contribution in [3.05, 3.63) is 59.9 Å². The van der Waals surface area contributed by atoms with E-state index in [4.69, 9.17) is 26.8 Å². The van der Waals surface area contributed by atoms with Gasteiger partial charge < -0.3 is 23.5 Å². The van der Waals surface area contributed by atoms with Gasteiger partial charge in [0, 0.05) is 24.0 Å². The first-order valence-electron chi connectivity index (χ1n) is 10.2. The number of hydrogen-bond donors (Lipinski definition) is 0. The maximum Gasteiger partial charge on any atom is 0.212 e. The van der Waals surface area contributed by atoms with Gasteiger partial charge in [-0.2, -0.15) is 0 Å². The van der Waals surface area contributed by atoms with E-state index in [1.54, 1.807) is 32.7 Å². The molecule has 3 aromatic heterocycles. The first kappa shape index (κ1) is 20.2. The van der Waals surface area contributed by atoms with Crippen molar-refractivity contribution in [2.24, 2.45) is 0 Å². The van der Waals surface area contributed by atoms with E-state index in [9.17, 15) is 0 Å². The standard InChI is InChI=1S/C23H21BN4O4/c1-13-20(15-6-7-19(30-3)26-11-15)32-21-17(29-2)9-14(10-18(21)31-13)12-28-22-16(27-23(28)24)5-4-8-25-22/h4-11,13,20H,12H2,1-3H3/t13-,20+/m0/s1. The third kappa shape index (κ3) is 3.49. The second-order valence-corrected chi connectivity index (χ2v) is 7.52. The summed E-state index contributed by atoms with van der Waals surface area (Å²) in [6.45, 7) is 2.43. The number of aromatic nitrogens is 4. The highest BCUT2D eigenvalue weighted by molar-refractivity contribution is 6.30. The molecular formula is C23H21BN4O4.